The van der Waals surface area contributed by atoms with Crippen molar-refractivity contribution in [3.63, 3.8) is 0 Å². The predicted molar refractivity (Wildman–Crippen MR) is 87.1 cm³/mol. The van der Waals surface area contributed by atoms with Crippen LogP contribution in [-0.2, 0) is 4.79 Å². The maximum atomic E-state index is 12.0. The number of carbonyl (C=O) groups is 1. The minimum atomic E-state index is -0.544. The van der Waals surface area contributed by atoms with Gasteiger partial charge in [-0.2, -0.15) is 5.26 Å². The Bertz CT molecular complexity index is 581. The van der Waals surface area contributed by atoms with E-state index in [1.165, 1.54) is 12.3 Å². The van der Waals surface area contributed by atoms with E-state index in [0.717, 1.165) is 19.3 Å². The van der Waals surface area contributed by atoms with Crippen LogP contribution in [0.3, 0.4) is 0 Å². The zero-order chi connectivity index (χ0) is 16.4. The molecule has 0 saturated carbocycles. The quantitative estimate of drug-likeness (QED) is 0.253. The first-order valence-corrected chi connectivity index (χ1v) is 7.27. The largest absolute Gasteiger partial charge is 0.399 e. The molecule has 0 saturated heterocycles. The molecule has 0 radical (unpaired) electrons. The topological polar surface area (TPSA) is 111 Å². The molecule has 0 spiro atoms. The Labute approximate surface area is 134 Å². The summed E-state index contributed by atoms with van der Waals surface area (Å²) >= 11 is 5.96. The number of anilines is 2. The minimum Gasteiger partial charge on any atom is -0.399 e. The number of aliphatic hydroxyl groups excluding tert-OH is 1. The minimum absolute atomic E-state index is 0.0463. The van der Waals surface area contributed by atoms with E-state index < -0.39 is 5.91 Å². The first kappa shape index (κ1) is 17.8. The summed E-state index contributed by atoms with van der Waals surface area (Å²) in [6.07, 6.45) is 3.85. The number of hydrogen-bond donors (Lipinski definition) is 4. The van der Waals surface area contributed by atoms with Crippen molar-refractivity contribution in [3.05, 3.63) is 35.0 Å². The number of carbonyl (C=O) groups excluding carboxylic acids is 1. The van der Waals surface area contributed by atoms with Gasteiger partial charge in [-0.05, 0) is 37.5 Å². The molecule has 0 aromatic heterocycles. The van der Waals surface area contributed by atoms with Crippen molar-refractivity contribution in [1.29, 1.82) is 5.26 Å². The number of benzene rings is 1. The highest BCUT2D eigenvalue weighted by Gasteiger charge is 2.11. The predicted octanol–water partition coefficient (Wildman–Crippen LogP) is 2.02. The summed E-state index contributed by atoms with van der Waals surface area (Å²) in [6, 6.07) is 6.54. The summed E-state index contributed by atoms with van der Waals surface area (Å²) in [5.41, 5.74) is 6.41. The molecule has 118 valence electrons. The molecule has 22 heavy (non-hydrogen) atoms. The summed E-state index contributed by atoms with van der Waals surface area (Å²) in [4.78, 5) is 12.0. The molecule has 1 amide bonds. The van der Waals surface area contributed by atoms with Crippen LogP contribution in [-0.4, -0.2) is 24.2 Å². The van der Waals surface area contributed by atoms with Gasteiger partial charge in [0.25, 0.3) is 5.91 Å². The molecule has 6 nitrogen and oxygen atoms in total. The number of aliphatic hydroxyl groups is 1. The van der Waals surface area contributed by atoms with Crippen LogP contribution < -0.4 is 16.4 Å². The number of nitrogens with one attached hydrogen (secondary N) is 2. The Balaban J connectivity index is 2.55. The Morgan fingerprint density at radius 2 is 2.18 bits per heavy atom. The lowest BCUT2D eigenvalue weighted by atomic mass is 10.2. The Kier molecular flexibility index (Phi) is 7.83. The zero-order valence-electron chi connectivity index (χ0n) is 12.1. The number of hydrogen-bond acceptors (Lipinski definition) is 5. The van der Waals surface area contributed by atoms with Crippen LogP contribution in [0, 0.1) is 11.3 Å². The molecule has 7 heteroatoms. The van der Waals surface area contributed by atoms with Gasteiger partial charge in [0.05, 0.1) is 10.7 Å². The summed E-state index contributed by atoms with van der Waals surface area (Å²) in [5.74, 6) is -0.544. The maximum absolute atomic E-state index is 12.0. The molecule has 5 N–H and O–H groups in total. The van der Waals surface area contributed by atoms with E-state index in [9.17, 15) is 4.79 Å². The van der Waals surface area contributed by atoms with Crippen molar-refractivity contribution < 1.29 is 9.90 Å². The van der Waals surface area contributed by atoms with Crippen LogP contribution in [0.2, 0.25) is 5.02 Å². The Morgan fingerprint density at radius 1 is 1.41 bits per heavy atom. The van der Waals surface area contributed by atoms with Crippen molar-refractivity contribution in [2.24, 2.45) is 0 Å². The Hall–Kier alpha value is -2.23. The number of nitrogen functional groups attached to an aromatic ring is 1. The molecule has 0 unspecified atom stereocenters. The fourth-order valence-electron chi connectivity index (χ4n) is 1.66. The number of unbranched alkanes of at least 4 members (excludes halogenated alkanes) is 2. The van der Waals surface area contributed by atoms with E-state index in [2.05, 4.69) is 10.6 Å². The van der Waals surface area contributed by atoms with Crippen LogP contribution >= 0.6 is 11.6 Å². The monoisotopic (exact) mass is 322 g/mol. The van der Waals surface area contributed by atoms with E-state index in [1.54, 1.807) is 12.1 Å². The molecular formula is C15H19ClN4O2. The highest BCUT2D eigenvalue weighted by molar-refractivity contribution is 6.34. The van der Waals surface area contributed by atoms with Gasteiger partial charge in [-0.1, -0.05) is 11.6 Å². The summed E-state index contributed by atoms with van der Waals surface area (Å²) in [7, 11) is 0. The lowest BCUT2D eigenvalue weighted by Crippen LogP contribution is -2.17. The fourth-order valence-corrected chi connectivity index (χ4v) is 1.90. The van der Waals surface area contributed by atoms with Crippen LogP contribution in [0.1, 0.15) is 19.3 Å². The average molecular weight is 323 g/mol. The second-order valence-electron chi connectivity index (χ2n) is 4.60. The molecule has 0 aliphatic heterocycles. The number of nitriles is 1. The maximum Gasteiger partial charge on any atom is 0.267 e. The molecule has 0 bridgehead atoms. The third kappa shape index (κ3) is 6.04. The normalized spacial score (nSPS) is 10.9. The first-order chi connectivity index (χ1) is 10.6. The molecule has 0 fully saturated rings. The second kappa shape index (κ2) is 9.66. The van der Waals surface area contributed by atoms with Crippen LogP contribution in [0.25, 0.3) is 0 Å². The van der Waals surface area contributed by atoms with Crippen molar-refractivity contribution in [3.8, 4) is 6.07 Å². The molecule has 0 aliphatic carbocycles. The van der Waals surface area contributed by atoms with Gasteiger partial charge in [-0.15, -0.1) is 0 Å². The lowest BCUT2D eigenvalue weighted by molar-refractivity contribution is -0.112. The molecule has 0 atom stereocenters. The Morgan fingerprint density at radius 3 is 2.82 bits per heavy atom. The molecule has 1 aromatic rings. The average Bonchev–Trinajstić information content (AvgIpc) is 2.49. The van der Waals surface area contributed by atoms with Crippen molar-refractivity contribution in [1.82, 2.24) is 5.32 Å². The zero-order valence-corrected chi connectivity index (χ0v) is 12.9. The van der Waals surface area contributed by atoms with Crippen LogP contribution in [0.5, 0.6) is 0 Å². The molecule has 1 rings (SSSR count). The van der Waals surface area contributed by atoms with E-state index in [1.807, 2.05) is 6.07 Å². The number of amides is 1. The summed E-state index contributed by atoms with van der Waals surface area (Å²) in [5, 5.41) is 23.5. The third-order valence-corrected chi connectivity index (χ3v) is 3.14. The summed E-state index contributed by atoms with van der Waals surface area (Å²) in [6.45, 7) is 0.797. The molecule has 0 aliphatic rings. The van der Waals surface area contributed by atoms with Gasteiger partial charge in [0.2, 0.25) is 0 Å². The number of rotatable bonds is 8. The number of halogens is 1. The van der Waals surface area contributed by atoms with E-state index in [4.69, 9.17) is 27.7 Å². The molecule has 1 aromatic carbocycles. The van der Waals surface area contributed by atoms with E-state index >= 15 is 0 Å². The molecular weight excluding hydrogens is 304 g/mol. The van der Waals surface area contributed by atoms with Gasteiger partial charge >= 0.3 is 0 Å². The van der Waals surface area contributed by atoms with E-state index in [-0.39, 0.29) is 12.2 Å². The highest BCUT2D eigenvalue weighted by atomic mass is 35.5. The van der Waals surface area contributed by atoms with Gasteiger partial charge in [0.1, 0.15) is 11.6 Å². The van der Waals surface area contributed by atoms with Crippen LogP contribution in [0.4, 0.5) is 11.4 Å². The summed E-state index contributed by atoms with van der Waals surface area (Å²) < 4.78 is 0. The third-order valence-electron chi connectivity index (χ3n) is 2.83. The van der Waals surface area contributed by atoms with E-state index in [0.29, 0.717) is 22.9 Å². The molecule has 0 heterocycles. The van der Waals surface area contributed by atoms with Gasteiger partial charge in [-0.25, -0.2) is 0 Å². The van der Waals surface area contributed by atoms with Gasteiger partial charge in [0, 0.05) is 25.0 Å². The first-order valence-electron chi connectivity index (χ1n) is 6.89. The second-order valence-corrected chi connectivity index (χ2v) is 5.01. The highest BCUT2D eigenvalue weighted by Crippen LogP contribution is 2.24. The number of nitrogens with two attached hydrogens (primary N) is 1. The van der Waals surface area contributed by atoms with Gasteiger partial charge in [0.15, 0.2) is 0 Å². The number of nitrogens with zero attached hydrogens (tertiary/aromatic N) is 1. The standard InChI is InChI=1S/C15H19ClN4O2/c16-13-8-12(18)4-5-14(13)20-15(22)11(9-17)10-19-6-2-1-3-7-21/h4-5,8,10,19,21H,1-3,6-7,18H2,(H,20,22)/b11-10-. The smallest absolute Gasteiger partial charge is 0.267 e. The lowest BCUT2D eigenvalue weighted by Gasteiger charge is -2.07. The van der Waals surface area contributed by atoms with Crippen molar-refractivity contribution >= 4 is 28.9 Å². The van der Waals surface area contributed by atoms with Crippen molar-refractivity contribution in [2.75, 3.05) is 24.2 Å². The van der Waals surface area contributed by atoms with Crippen LogP contribution in [0.15, 0.2) is 30.0 Å². The van der Waals surface area contributed by atoms with Gasteiger partial charge < -0.3 is 21.5 Å². The fraction of sp³-hybridized carbons (Fsp3) is 0.333. The SMILES string of the molecule is N#C/C(=C/NCCCCCO)C(=O)Nc1ccc(N)cc1Cl. The van der Waals surface area contributed by atoms with Crippen molar-refractivity contribution in [2.45, 2.75) is 19.3 Å². The van der Waals surface area contributed by atoms with Gasteiger partial charge in [-0.3, -0.25) is 4.79 Å².